The summed E-state index contributed by atoms with van der Waals surface area (Å²) in [4.78, 5) is 22.0. The van der Waals surface area contributed by atoms with Gasteiger partial charge >= 0.3 is 12.2 Å². The van der Waals surface area contributed by atoms with Crippen LogP contribution in [0.25, 0.3) is 11.4 Å². The second-order valence-electron chi connectivity index (χ2n) is 7.31. The average molecular weight is 380 g/mol. The van der Waals surface area contributed by atoms with Gasteiger partial charge in [0.05, 0.1) is 5.56 Å². The van der Waals surface area contributed by atoms with Crippen molar-refractivity contribution in [1.82, 2.24) is 24.6 Å². The number of aryl methyl sites for hydroxylation is 1. The lowest BCUT2D eigenvalue weighted by atomic mass is 9.74. The topological polar surface area (TPSA) is 75.9 Å². The van der Waals surface area contributed by atoms with Crippen LogP contribution in [0.15, 0.2) is 18.6 Å². The van der Waals surface area contributed by atoms with Crippen molar-refractivity contribution in [2.75, 3.05) is 5.32 Å². The molecule has 2 aliphatic heterocycles. The summed E-state index contributed by atoms with van der Waals surface area (Å²) in [6, 6.07) is 1.25. The fraction of sp³-hybridized carbons (Fsp3) is 0.529. The van der Waals surface area contributed by atoms with Gasteiger partial charge in [0, 0.05) is 30.9 Å². The molecular weight excluding hydrogens is 361 g/mol. The van der Waals surface area contributed by atoms with Crippen LogP contribution in [0.4, 0.5) is 23.8 Å². The predicted molar refractivity (Wildman–Crippen MR) is 90.7 cm³/mol. The largest absolute Gasteiger partial charge is 0.418 e. The van der Waals surface area contributed by atoms with Crippen LogP contribution >= 0.6 is 0 Å². The minimum Gasteiger partial charge on any atom is -0.318 e. The summed E-state index contributed by atoms with van der Waals surface area (Å²) in [5.74, 6) is 0.565. The number of hydrogen-bond donors (Lipinski definition) is 1. The third-order valence-electron chi connectivity index (χ3n) is 5.20. The number of piperidine rings is 1. The monoisotopic (exact) mass is 380 g/mol. The number of carbonyl (C=O) groups is 1. The lowest BCUT2D eigenvalue weighted by Gasteiger charge is -2.54. The number of fused-ring (bicyclic) bond motifs is 2. The second-order valence-corrected chi connectivity index (χ2v) is 7.31. The van der Waals surface area contributed by atoms with Crippen molar-refractivity contribution < 1.29 is 18.0 Å². The molecule has 10 heteroatoms. The van der Waals surface area contributed by atoms with Gasteiger partial charge in [-0.1, -0.05) is 6.92 Å². The van der Waals surface area contributed by atoms with E-state index in [-0.39, 0.29) is 35.3 Å². The molecule has 2 amide bonds. The number of rotatable bonds is 2. The number of carbonyl (C=O) groups excluding carboxylic acids is 1. The van der Waals surface area contributed by atoms with Gasteiger partial charge in [0.15, 0.2) is 5.82 Å². The van der Waals surface area contributed by atoms with Gasteiger partial charge in [-0.15, -0.1) is 0 Å². The van der Waals surface area contributed by atoms with Crippen molar-refractivity contribution in [2.45, 2.75) is 44.4 Å². The Morgan fingerprint density at radius 1 is 1.22 bits per heavy atom. The molecule has 0 spiro atoms. The summed E-state index contributed by atoms with van der Waals surface area (Å²) in [6.45, 7) is 2.16. The zero-order valence-electron chi connectivity index (χ0n) is 14.9. The first kappa shape index (κ1) is 17.7. The Kier molecular flexibility index (Phi) is 4.08. The van der Waals surface area contributed by atoms with Crippen molar-refractivity contribution in [1.29, 1.82) is 0 Å². The minimum atomic E-state index is -4.60. The van der Waals surface area contributed by atoms with Gasteiger partial charge in [0.25, 0.3) is 0 Å². The van der Waals surface area contributed by atoms with E-state index in [1.54, 1.807) is 11.9 Å². The molecule has 1 saturated carbocycles. The lowest BCUT2D eigenvalue weighted by Crippen LogP contribution is -2.63. The van der Waals surface area contributed by atoms with Crippen LogP contribution in [0.2, 0.25) is 0 Å². The molecule has 2 bridgehead atoms. The summed E-state index contributed by atoms with van der Waals surface area (Å²) in [7, 11) is 1.57. The highest BCUT2D eigenvalue weighted by Crippen LogP contribution is 2.41. The summed E-state index contributed by atoms with van der Waals surface area (Å²) in [6.07, 6.45) is 0.313. The van der Waals surface area contributed by atoms with Crippen LogP contribution < -0.4 is 5.32 Å². The Bertz CT molecular complexity index is 868. The molecule has 4 heterocycles. The molecule has 2 atom stereocenters. The van der Waals surface area contributed by atoms with E-state index in [4.69, 9.17) is 0 Å². The quantitative estimate of drug-likeness (QED) is 0.867. The van der Waals surface area contributed by atoms with Crippen LogP contribution in [0, 0.1) is 5.92 Å². The highest BCUT2D eigenvalue weighted by atomic mass is 19.4. The van der Waals surface area contributed by atoms with Gasteiger partial charge in [0.1, 0.15) is 12.1 Å². The van der Waals surface area contributed by atoms with E-state index in [1.807, 2.05) is 0 Å². The molecule has 7 nitrogen and oxygen atoms in total. The second kappa shape index (κ2) is 6.21. The Balaban J connectivity index is 1.60. The molecule has 2 saturated heterocycles. The molecule has 5 rings (SSSR count). The van der Waals surface area contributed by atoms with Gasteiger partial charge in [-0.05, 0) is 31.2 Å². The summed E-state index contributed by atoms with van der Waals surface area (Å²) in [5, 5.41) is 6.58. The van der Waals surface area contributed by atoms with Crippen LogP contribution in [0.1, 0.15) is 31.7 Å². The average Bonchev–Trinajstić information content (AvgIpc) is 2.99. The van der Waals surface area contributed by atoms with E-state index in [0.717, 1.165) is 19.3 Å². The Hall–Kier alpha value is -2.65. The molecule has 0 radical (unpaired) electrons. The molecule has 2 aromatic heterocycles. The smallest absolute Gasteiger partial charge is 0.318 e. The van der Waals surface area contributed by atoms with E-state index in [9.17, 15) is 18.0 Å². The maximum atomic E-state index is 13.3. The number of pyridine rings is 1. The first-order valence-corrected chi connectivity index (χ1v) is 8.75. The van der Waals surface area contributed by atoms with E-state index >= 15 is 0 Å². The van der Waals surface area contributed by atoms with E-state index in [1.165, 1.54) is 17.1 Å². The zero-order chi connectivity index (χ0) is 19.3. The molecule has 0 aromatic carbocycles. The molecule has 3 fully saturated rings. The Morgan fingerprint density at radius 2 is 1.93 bits per heavy atom. The zero-order valence-corrected chi connectivity index (χ0v) is 14.9. The normalized spacial score (nSPS) is 24.5. The number of halogens is 3. The Morgan fingerprint density at radius 3 is 2.52 bits per heavy atom. The number of urea groups is 1. The maximum Gasteiger partial charge on any atom is 0.418 e. The van der Waals surface area contributed by atoms with Gasteiger partial charge < -0.3 is 4.90 Å². The van der Waals surface area contributed by atoms with Gasteiger partial charge in [0.2, 0.25) is 0 Å². The highest BCUT2D eigenvalue weighted by Gasteiger charge is 2.46. The number of hydrogen-bond acceptors (Lipinski definition) is 4. The first-order valence-electron chi connectivity index (χ1n) is 8.75. The highest BCUT2D eigenvalue weighted by molar-refractivity contribution is 5.90. The number of nitrogens with zero attached hydrogens (tertiary/aromatic N) is 5. The number of alkyl halides is 3. The van der Waals surface area contributed by atoms with Crippen LogP contribution in [-0.4, -0.2) is 42.8 Å². The molecule has 3 aliphatic rings. The SMILES string of the molecule is CC1CC2CC(C1)N2C(=O)Nc1cc(-c2ncn(C)n2)c(C(F)(F)F)cn1. The molecule has 2 unspecified atom stereocenters. The predicted octanol–water partition coefficient (Wildman–Crippen LogP) is 3.30. The van der Waals surface area contributed by atoms with Crippen molar-refractivity contribution in [3.8, 4) is 11.4 Å². The van der Waals surface area contributed by atoms with Gasteiger partial charge in [-0.3, -0.25) is 10.00 Å². The van der Waals surface area contributed by atoms with Crippen LogP contribution in [0.3, 0.4) is 0 Å². The number of anilines is 1. The number of amides is 2. The fourth-order valence-electron chi connectivity index (χ4n) is 4.05. The van der Waals surface area contributed by atoms with E-state index in [0.29, 0.717) is 12.1 Å². The summed E-state index contributed by atoms with van der Waals surface area (Å²) < 4.78 is 41.3. The number of nitrogens with one attached hydrogen (secondary N) is 1. The van der Waals surface area contributed by atoms with Crippen molar-refractivity contribution in [3.63, 3.8) is 0 Å². The maximum absolute atomic E-state index is 13.3. The van der Waals surface area contributed by atoms with Crippen molar-refractivity contribution in [2.24, 2.45) is 13.0 Å². The van der Waals surface area contributed by atoms with Crippen molar-refractivity contribution in [3.05, 3.63) is 24.2 Å². The third-order valence-corrected chi connectivity index (χ3v) is 5.20. The first-order chi connectivity index (χ1) is 12.7. The molecule has 27 heavy (non-hydrogen) atoms. The third kappa shape index (κ3) is 3.24. The minimum absolute atomic E-state index is 0.0495. The Labute approximate surface area is 153 Å². The molecule has 144 valence electrons. The molecule has 2 aromatic rings. The molecule has 1 N–H and O–H groups in total. The lowest BCUT2D eigenvalue weighted by molar-refractivity contribution is -0.137. The van der Waals surface area contributed by atoms with Gasteiger partial charge in [-0.25, -0.2) is 14.8 Å². The fourth-order valence-corrected chi connectivity index (χ4v) is 4.05. The summed E-state index contributed by atoms with van der Waals surface area (Å²) in [5.41, 5.74) is -1.16. The van der Waals surface area contributed by atoms with E-state index in [2.05, 4.69) is 27.3 Å². The molecule has 1 aliphatic carbocycles. The van der Waals surface area contributed by atoms with Gasteiger partial charge in [-0.2, -0.15) is 18.3 Å². The van der Waals surface area contributed by atoms with Crippen LogP contribution in [0.5, 0.6) is 0 Å². The van der Waals surface area contributed by atoms with E-state index < -0.39 is 11.7 Å². The summed E-state index contributed by atoms with van der Waals surface area (Å²) >= 11 is 0. The van der Waals surface area contributed by atoms with Crippen LogP contribution in [-0.2, 0) is 13.2 Å². The molecular formula is C17H19F3N6O. The standard InChI is InChI=1S/C17H19F3N6O/c1-9-3-10-5-11(4-9)26(10)16(27)23-14-6-12(15-22-8-25(2)24-15)13(7-21-14)17(18,19)20/h6-11H,3-5H2,1-2H3,(H,21,23,27). The number of aromatic nitrogens is 4. The van der Waals surface area contributed by atoms with Crippen molar-refractivity contribution >= 4 is 11.8 Å².